The Morgan fingerprint density at radius 2 is 2.05 bits per heavy atom. The van der Waals surface area contributed by atoms with Gasteiger partial charge in [0.15, 0.2) is 5.82 Å². The van der Waals surface area contributed by atoms with Gasteiger partial charge in [0.1, 0.15) is 5.82 Å². The van der Waals surface area contributed by atoms with Crippen LogP contribution in [-0.2, 0) is 5.54 Å². The molecule has 19 heavy (non-hydrogen) atoms. The van der Waals surface area contributed by atoms with Gasteiger partial charge in [-0.2, -0.15) is 4.98 Å². The molecule has 0 aliphatic carbocycles. The van der Waals surface area contributed by atoms with Crippen LogP contribution in [0.15, 0.2) is 22.7 Å². The molecule has 0 amide bonds. The fourth-order valence-electron chi connectivity index (χ4n) is 1.74. The van der Waals surface area contributed by atoms with Crippen molar-refractivity contribution in [1.29, 1.82) is 0 Å². The summed E-state index contributed by atoms with van der Waals surface area (Å²) in [4.78, 5) is 4.28. The SMILES string of the molecule is CCC(N)(CC)c1noc(-c2ccc(F)c(Cl)c2)n1. The Kier molecular flexibility index (Phi) is 3.87. The van der Waals surface area contributed by atoms with E-state index in [0.717, 1.165) is 0 Å². The summed E-state index contributed by atoms with van der Waals surface area (Å²) >= 11 is 5.73. The minimum absolute atomic E-state index is 0.0160. The Morgan fingerprint density at radius 3 is 2.63 bits per heavy atom. The molecule has 0 saturated carbocycles. The van der Waals surface area contributed by atoms with E-state index in [1.165, 1.54) is 18.2 Å². The van der Waals surface area contributed by atoms with Crippen LogP contribution in [0, 0.1) is 5.82 Å². The van der Waals surface area contributed by atoms with Crippen molar-refractivity contribution in [3.8, 4) is 11.5 Å². The molecule has 0 spiro atoms. The van der Waals surface area contributed by atoms with Gasteiger partial charge in [-0.05, 0) is 31.0 Å². The van der Waals surface area contributed by atoms with Gasteiger partial charge in [0.25, 0.3) is 5.89 Å². The predicted molar refractivity (Wildman–Crippen MR) is 71.1 cm³/mol. The van der Waals surface area contributed by atoms with Gasteiger partial charge in [-0.1, -0.05) is 30.6 Å². The Bertz CT molecular complexity index is 581. The molecule has 0 fully saturated rings. The molecule has 0 saturated heterocycles. The summed E-state index contributed by atoms with van der Waals surface area (Å²) in [7, 11) is 0. The first kappa shape index (κ1) is 14.0. The van der Waals surface area contributed by atoms with Crippen molar-refractivity contribution < 1.29 is 8.91 Å². The Balaban J connectivity index is 2.38. The highest BCUT2D eigenvalue weighted by Gasteiger charge is 2.29. The summed E-state index contributed by atoms with van der Waals surface area (Å²) in [5.74, 6) is 0.252. The number of nitrogens with two attached hydrogens (primary N) is 1. The number of benzene rings is 1. The zero-order valence-electron chi connectivity index (χ0n) is 10.8. The number of hydrogen-bond donors (Lipinski definition) is 1. The third-order valence-electron chi connectivity index (χ3n) is 3.30. The average Bonchev–Trinajstić information content (AvgIpc) is 2.91. The second-order valence-electron chi connectivity index (χ2n) is 4.42. The molecular weight excluding hydrogens is 269 g/mol. The van der Waals surface area contributed by atoms with Gasteiger partial charge in [0.2, 0.25) is 0 Å². The molecule has 0 atom stereocenters. The van der Waals surface area contributed by atoms with Crippen molar-refractivity contribution in [2.45, 2.75) is 32.2 Å². The zero-order chi connectivity index (χ0) is 14.0. The molecule has 2 N–H and O–H groups in total. The molecule has 0 radical (unpaired) electrons. The highest BCUT2D eigenvalue weighted by Crippen LogP contribution is 2.27. The zero-order valence-corrected chi connectivity index (χ0v) is 11.5. The second kappa shape index (κ2) is 5.27. The molecule has 4 nitrogen and oxygen atoms in total. The fraction of sp³-hybridized carbons (Fsp3) is 0.385. The third-order valence-corrected chi connectivity index (χ3v) is 3.59. The largest absolute Gasteiger partial charge is 0.334 e. The van der Waals surface area contributed by atoms with Crippen molar-refractivity contribution >= 4 is 11.6 Å². The lowest BCUT2D eigenvalue weighted by molar-refractivity contribution is 0.350. The van der Waals surface area contributed by atoms with E-state index in [4.69, 9.17) is 21.9 Å². The Morgan fingerprint density at radius 1 is 1.37 bits per heavy atom. The number of aromatic nitrogens is 2. The van der Waals surface area contributed by atoms with Gasteiger partial charge in [-0.15, -0.1) is 0 Å². The molecule has 0 bridgehead atoms. The van der Waals surface area contributed by atoms with Crippen molar-refractivity contribution in [3.05, 3.63) is 34.9 Å². The van der Waals surface area contributed by atoms with Crippen molar-refractivity contribution in [2.75, 3.05) is 0 Å². The van der Waals surface area contributed by atoms with Crippen LogP contribution in [0.5, 0.6) is 0 Å². The molecule has 6 heteroatoms. The summed E-state index contributed by atoms with van der Waals surface area (Å²) in [5, 5.41) is 3.93. The molecule has 1 aromatic heterocycles. The first-order valence-electron chi connectivity index (χ1n) is 6.08. The Labute approximate surface area is 115 Å². The molecule has 0 aliphatic heterocycles. The van der Waals surface area contributed by atoms with E-state index < -0.39 is 11.4 Å². The summed E-state index contributed by atoms with van der Waals surface area (Å²) in [5.41, 5.74) is 6.16. The minimum Gasteiger partial charge on any atom is -0.334 e. The van der Waals surface area contributed by atoms with Crippen LogP contribution in [0.3, 0.4) is 0 Å². The molecule has 1 aromatic carbocycles. The minimum atomic E-state index is -0.606. The van der Waals surface area contributed by atoms with E-state index in [2.05, 4.69) is 10.1 Å². The van der Waals surface area contributed by atoms with Gasteiger partial charge in [-0.25, -0.2) is 4.39 Å². The van der Waals surface area contributed by atoms with E-state index >= 15 is 0 Å². The lowest BCUT2D eigenvalue weighted by atomic mass is 9.93. The topological polar surface area (TPSA) is 64.9 Å². The van der Waals surface area contributed by atoms with Crippen LogP contribution in [0.2, 0.25) is 5.02 Å². The smallest absolute Gasteiger partial charge is 0.258 e. The predicted octanol–water partition coefficient (Wildman–Crippen LogP) is 3.50. The normalized spacial score (nSPS) is 11.8. The monoisotopic (exact) mass is 283 g/mol. The quantitative estimate of drug-likeness (QED) is 0.932. The van der Waals surface area contributed by atoms with Crippen LogP contribution in [0.4, 0.5) is 4.39 Å². The lowest BCUT2D eigenvalue weighted by Gasteiger charge is -2.21. The van der Waals surface area contributed by atoms with E-state index in [1.54, 1.807) is 0 Å². The fourth-order valence-corrected chi connectivity index (χ4v) is 1.92. The van der Waals surface area contributed by atoms with Gasteiger partial charge in [0.05, 0.1) is 10.6 Å². The van der Waals surface area contributed by atoms with Gasteiger partial charge >= 0.3 is 0 Å². The number of nitrogens with zero attached hydrogens (tertiary/aromatic N) is 2. The average molecular weight is 284 g/mol. The first-order chi connectivity index (χ1) is 9.00. The highest BCUT2D eigenvalue weighted by molar-refractivity contribution is 6.31. The molecular formula is C13H15ClFN3O. The van der Waals surface area contributed by atoms with E-state index in [1.807, 2.05) is 13.8 Å². The number of halogens is 2. The van der Waals surface area contributed by atoms with Crippen LogP contribution >= 0.6 is 11.6 Å². The van der Waals surface area contributed by atoms with E-state index in [-0.39, 0.29) is 10.9 Å². The summed E-state index contributed by atoms with van der Waals surface area (Å²) in [6.07, 6.45) is 1.40. The molecule has 2 rings (SSSR count). The van der Waals surface area contributed by atoms with Crippen molar-refractivity contribution in [1.82, 2.24) is 10.1 Å². The first-order valence-corrected chi connectivity index (χ1v) is 6.46. The maximum atomic E-state index is 13.1. The van der Waals surface area contributed by atoms with E-state index in [9.17, 15) is 4.39 Å². The maximum Gasteiger partial charge on any atom is 0.258 e. The third kappa shape index (κ3) is 2.62. The van der Waals surface area contributed by atoms with Crippen LogP contribution < -0.4 is 5.73 Å². The van der Waals surface area contributed by atoms with Crippen LogP contribution in [0.1, 0.15) is 32.5 Å². The van der Waals surface area contributed by atoms with Crippen LogP contribution in [-0.4, -0.2) is 10.1 Å². The summed E-state index contributed by atoms with van der Waals surface area (Å²) in [6, 6.07) is 4.25. The summed E-state index contributed by atoms with van der Waals surface area (Å²) < 4.78 is 18.3. The van der Waals surface area contributed by atoms with Crippen molar-refractivity contribution in [3.63, 3.8) is 0 Å². The molecule has 0 unspecified atom stereocenters. The van der Waals surface area contributed by atoms with Gasteiger partial charge < -0.3 is 10.3 Å². The summed E-state index contributed by atoms with van der Waals surface area (Å²) in [6.45, 7) is 3.93. The number of hydrogen-bond acceptors (Lipinski definition) is 4. The maximum absolute atomic E-state index is 13.1. The second-order valence-corrected chi connectivity index (χ2v) is 4.82. The number of rotatable bonds is 4. The lowest BCUT2D eigenvalue weighted by Crippen LogP contribution is -2.36. The molecule has 2 aromatic rings. The highest BCUT2D eigenvalue weighted by atomic mass is 35.5. The standard InChI is InChI=1S/C13H15ClFN3O/c1-3-13(16,4-2)12-17-11(19-18-12)8-5-6-10(15)9(14)7-8/h5-7H,3-4,16H2,1-2H3. The van der Waals surface area contributed by atoms with Gasteiger partial charge in [0, 0.05) is 5.56 Å². The molecule has 1 heterocycles. The van der Waals surface area contributed by atoms with Crippen molar-refractivity contribution in [2.24, 2.45) is 5.73 Å². The Hall–Kier alpha value is -1.46. The molecule has 0 aliphatic rings. The van der Waals surface area contributed by atoms with Crippen LogP contribution in [0.25, 0.3) is 11.5 Å². The van der Waals surface area contributed by atoms with E-state index in [0.29, 0.717) is 24.2 Å². The van der Waals surface area contributed by atoms with Gasteiger partial charge in [-0.3, -0.25) is 0 Å². The molecule has 102 valence electrons.